The first-order valence-corrected chi connectivity index (χ1v) is 6.45. The first kappa shape index (κ1) is 12.7. The fourth-order valence-electron chi connectivity index (χ4n) is 1.05. The van der Waals surface area contributed by atoms with Gasteiger partial charge in [-0.3, -0.25) is 4.72 Å². The number of nitriles is 1. The van der Waals surface area contributed by atoms with Crippen molar-refractivity contribution < 1.29 is 8.42 Å². The summed E-state index contributed by atoms with van der Waals surface area (Å²) in [4.78, 5) is 3.78. The van der Waals surface area contributed by atoms with Crippen LogP contribution in [0.3, 0.4) is 0 Å². The number of hydrogen-bond acceptors (Lipinski definition) is 4. The quantitative estimate of drug-likeness (QED) is 0.893. The van der Waals surface area contributed by atoms with E-state index in [-0.39, 0.29) is 17.3 Å². The van der Waals surface area contributed by atoms with Crippen LogP contribution in [0.5, 0.6) is 0 Å². The summed E-state index contributed by atoms with van der Waals surface area (Å²) in [5.74, 6) is 0.0397. The molecule has 1 rings (SSSR count). The Balaban J connectivity index is 2.99. The highest BCUT2D eigenvalue weighted by atomic mass is 35.5. The largest absolute Gasteiger partial charge is 0.265 e. The van der Waals surface area contributed by atoms with Crippen LogP contribution in [0.25, 0.3) is 0 Å². The lowest BCUT2D eigenvalue weighted by molar-refractivity contribution is 0.592. The molecule has 1 heterocycles. The summed E-state index contributed by atoms with van der Waals surface area (Å²) in [7, 11) is -3.76. The maximum Gasteiger partial charge on any atom is 0.250 e. The smallest absolute Gasteiger partial charge is 0.250 e. The lowest BCUT2D eigenvalue weighted by Crippen LogP contribution is -2.26. The van der Waals surface area contributed by atoms with Gasteiger partial charge >= 0.3 is 0 Å². The molecule has 0 amide bonds. The highest BCUT2D eigenvalue weighted by Gasteiger charge is 2.24. The molecule has 0 spiro atoms. The van der Waals surface area contributed by atoms with E-state index in [9.17, 15) is 8.42 Å². The highest BCUT2D eigenvalue weighted by molar-refractivity contribution is 7.93. The minimum atomic E-state index is -3.76. The van der Waals surface area contributed by atoms with Gasteiger partial charge in [0.1, 0.15) is 0 Å². The number of nitrogens with zero attached hydrogens (tertiary/aromatic N) is 2. The second kappa shape index (κ2) is 5.14. The van der Waals surface area contributed by atoms with E-state index >= 15 is 0 Å². The first-order valence-electron chi connectivity index (χ1n) is 4.53. The van der Waals surface area contributed by atoms with E-state index < -0.39 is 15.3 Å². The predicted molar refractivity (Wildman–Crippen MR) is 61.5 cm³/mol. The summed E-state index contributed by atoms with van der Waals surface area (Å²) in [6, 6.07) is 4.81. The number of halogens is 1. The molecule has 0 fully saturated rings. The number of hydrogen-bond donors (Lipinski definition) is 1. The molecule has 0 aliphatic carbocycles. The van der Waals surface area contributed by atoms with Crippen LogP contribution in [0.15, 0.2) is 18.3 Å². The fourth-order valence-corrected chi connectivity index (χ4v) is 2.42. The van der Waals surface area contributed by atoms with Crippen molar-refractivity contribution >= 4 is 27.4 Å². The van der Waals surface area contributed by atoms with Gasteiger partial charge in [-0.25, -0.2) is 13.4 Å². The highest BCUT2D eigenvalue weighted by Crippen LogP contribution is 2.20. The molecule has 0 saturated heterocycles. The zero-order valence-electron chi connectivity index (χ0n) is 8.51. The molecule has 0 aliphatic heterocycles. The van der Waals surface area contributed by atoms with Crippen molar-refractivity contribution in [1.29, 1.82) is 5.26 Å². The monoisotopic (exact) mass is 259 g/mol. The summed E-state index contributed by atoms with van der Waals surface area (Å²) < 4.78 is 25.6. The molecule has 86 valence electrons. The molecular weight excluding hydrogens is 250 g/mol. The Hall–Kier alpha value is -1.32. The Morgan fingerprint density at radius 1 is 1.69 bits per heavy atom. The first-order chi connectivity index (χ1) is 7.51. The Labute approximate surface area is 99.1 Å². The summed E-state index contributed by atoms with van der Waals surface area (Å²) in [6.07, 6.45) is 1.62. The number of anilines is 1. The van der Waals surface area contributed by atoms with Crippen LogP contribution < -0.4 is 4.72 Å². The van der Waals surface area contributed by atoms with E-state index in [0.717, 1.165) is 0 Å². The van der Waals surface area contributed by atoms with Crippen molar-refractivity contribution in [2.75, 3.05) is 4.72 Å². The van der Waals surface area contributed by atoms with Gasteiger partial charge in [0.15, 0.2) is 11.1 Å². The average molecular weight is 260 g/mol. The van der Waals surface area contributed by atoms with Gasteiger partial charge in [-0.2, -0.15) is 5.26 Å². The molecule has 1 atom stereocenters. The van der Waals surface area contributed by atoms with Crippen LogP contribution in [-0.4, -0.2) is 18.7 Å². The molecule has 1 aromatic rings. The molecule has 0 radical (unpaired) electrons. The summed E-state index contributed by atoms with van der Waals surface area (Å²) >= 11 is 5.75. The molecule has 5 nitrogen and oxygen atoms in total. The normalized spacial score (nSPS) is 12.8. The third-order valence-electron chi connectivity index (χ3n) is 1.89. The fraction of sp³-hybridized carbons (Fsp3) is 0.333. The number of sulfonamides is 1. The van der Waals surface area contributed by atoms with E-state index in [4.69, 9.17) is 16.9 Å². The third kappa shape index (κ3) is 2.84. The minimum Gasteiger partial charge on any atom is -0.265 e. The molecule has 16 heavy (non-hydrogen) atoms. The Morgan fingerprint density at radius 2 is 2.38 bits per heavy atom. The molecular formula is C9H10ClN3O2S. The van der Waals surface area contributed by atoms with Gasteiger partial charge in [-0.1, -0.05) is 18.5 Å². The van der Waals surface area contributed by atoms with E-state index in [0.29, 0.717) is 0 Å². The number of pyridine rings is 1. The van der Waals surface area contributed by atoms with E-state index in [2.05, 4.69) is 9.71 Å². The lowest BCUT2D eigenvalue weighted by Gasteiger charge is -2.10. The predicted octanol–water partition coefficient (Wildman–Crippen LogP) is 1.78. The SMILES string of the molecule is CCC(C#N)S(=O)(=O)Nc1ncccc1Cl. The maximum atomic E-state index is 11.7. The Kier molecular flexibility index (Phi) is 4.10. The topological polar surface area (TPSA) is 82.8 Å². The van der Waals surface area contributed by atoms with Crippen molar-refractivity contribution in [3.05, 3.63) is 23.4 Å². The van der Waals surface area contributed by atoms with Crippen LogP contribution >= 0.6 is 11.6 Å². The Bertz CT molecular complexity index is 510. The van der Waals surface area contributed by atoms with E-state index in [1.165, 1.54) is 12.3 Å². The van der Waals surface area contributed by atoms with Gasteiger partial charge in [0.25, 0.3) is 0 Å². The number of nitrogens with one attached hydrogen (secondary N) is 1. The molecule has 1 aromatic heterocycles. The van der Waals surface area contributed by atoms with Gasteiger partial charge in [0.2, 0.25) is 10.0 Å². The average Bonchev–Trinajstić information content (AvgIpc) is 2.22. The van der Waals surface area contributed by atoms with Gasteiger partial charge in [0.05, 0.1) is 11.1 Å². The van der Waals surface area contributed by atoms with Crippen LogP contribution in [0.1, 0.15) is 13.3 Å². The second-order valence-corrected chi connectivity index (χ2v) is 5.28. The van der Waals surface area contributed by atoms with Gasteiger partial charge in [0, 0.05) is 6.20 Å². The standard InChI is InChI=1S/C9H10ClN3O2S/c1-2-7(6-11)16(14,15)13-9-8(10)4-3-5-12-9/h3-5,7H,2H2,1H3,(H,12,13). The molecule has 0 bridgehead atoms. The van der Waals surface area contributed by atoms with Gasteiger partial charge in [-0.15, -0.1) is 0 Å². The minimum absolute atomic E-state index is 0.0397. The van der Waals surface area contributed by atoms with Crippen molar-refractivity contribution in [3.63, 3.8) is 0 Å². The molecule has 7 heteroatoms. The summed E-state index contributed by atoms with van der Waals surface area (Å²) in [5.41, 5.74) is 0. The lowest BCUT2D eigenvalue weighted by atomic mass is 10.4. The zero-order valence-corrected chi connectivity index (χ0v) is 10.1. The van der Waals surface area contributed by atoms with Crippen molar-refractivity contribution in [2.24, 2.45) is 0 Å². The van der Waals surface area contributed by atoms with Crippen LogP contribution in [0, 0.1) is 11.3 Å². The van der Waals surface area contributed by atoms with Crippen LogP contribution in [0.2, 0.25) is 5.02 Å². The molecule has 0 aromatic carbocycles. The molecule has 1 N–H and O–H groups in total. The van der Waals surface area contributed by atoms with Crippen molar-refractivity contribution in [3.8, 4) is 6.07 Å². The van der Waals surface area contributed by atoms with Crippen LogP contribution in [0.4, 0.5) is 5.82 Å². The molecule has 0 saturated carbocycles. The molecule has 1 unspecified atom stereocenters. The summed E-state index contributed by atoms with van der Waals surface area (Å²) in [5, 5.41) is 7.77. The summed E-state index contributed by atoms with van der Waals surface area (Å²) in [6.45, 7) is 1.62. The van der Waals surface area contributed by atoms with Crippen molar-refractivity contribution in [1.82, 2.24) is 4.98 Å². The Morgan fingerprint density at radius 3 is 2.88 bits per heavy atom. The number of rotatable bonds is 4. The van der Waals surface area contributed by atoms with E-state index in [1.807, 2.05) is 0 Å². The van der Waals surface area contributed by atoms with Gasteiger partial charge < -0.3 is 0 Å². The third-order valence-corrected chi connectivity index (χ3v) is 3.86. The number of aromatic nitrogens is 1. The zero-order chi connectivity index (χ0) is 12.2. The van der Waals surface area contributed by atoms with Crippen molar-refractivity contribution in [2.45, 2.75) is 18.6 Å². The van der Waals surface area contributed by atoms with E-state index in [1.54, 1.807) is 19.1 Å². The second-order valence-electron chi connectivity index (χ2n) is 3.01. The molecule has 0 aliphatic rings. The van der Waals surface area contributed by atoms with Gasteiger partial charge in [-0.05, 0) is 18.6 Å². The van der Waals surface area contributed by atoms with Crippen LogP contribution in [-0.2, 0) is 10.0 Å². The maximum absolute atomic E-state index is 11.7.